The summed E-state index contributed by atoms with van der Waals surface area (Å²) in [4.78, 5) is 27.8. The monoisotopic (exact) mass is 366 g/mol. The number of carbonyl (C=O) groups excluding carboxylic acids is 1. The molecule has 1 N–H and O–H groups in total. The first-order valence-corrected chi connectivity index (χ1v) is 9.07. The van der Waals surface area contributed by atoms with Gasteiger partial charge in [0.25, 0.3) is 0 Å². The van der Waals surface area contributed by atoms with Crippen molar-refractivity contribution in [3.8, 4) is 0 Å². The Hall–Kier alpha value is -1.59. The van der Waals surface area contributed by atoms with Crippen LogP contribution in [-0.2, 0) is 15.0 Å². The standard InChI is InChI=1S/C19H27ClN2O3/c1-19(2,15-8-4-5-9-16(15)20)18(25)22-11-6-7-14(10-12-22)21(3)13-17(23)24/h4-5,8-9,14H,6-7,10-13H2,1-3H3,(H,23,24). The highest BCUT2D eigenvalue weighted by molar-refractivity contribution is 6.31. The molecule has 1 aromatic carbocycles. The number of likely N-dealkylation sites (N-methyl/N-ethyl adjacent to an activating group) is 1. The molecule has 0 radical (unpaired) electrons. The number of carboxylic acids is 1. The van der Waals surface area contributed by atoms with Crippen LogP contribution in [0.3, 0.4) is 0 Å². The van der Waals surface area contributed by atoms with E-state index in [-0.39, 0.29) is 18.5 Å². The van der Waals surface area contributed by atoms with Crippen LogP contribution in [0.15, 0.2) is 24.3 Å². The highest BCUT2D eigenvalue weighted by Crippen LogP contribution is 2.32. The zero-order valence-corrected chi connectivity index (χ0v) is 15.9. The van der Waals surface area contributed by atoms with Crippen LogP contribution in [0.5, 0.6) is 0 Å². The van der Waals surface area contributed by atoms with E-state index in [9.17, 15) is 9.59 Å². The summed E-state index contributed by atoms with van der Waals surface area (Å²) in [5, 5.41) is 9.57. The van der Waals surface area contributed by atoms with E-state index in [2.05, 4.69) is 0 Å². The second-order valence-electron chi connectivity index (χ2n) is 7.29. The van der Waals surface area contributed by atoms with Crippen molar-refractivity contribution < 1.29 is 14.7 Å². The third-order valence-electron chi connectivity index (χ3n) is 5.07. The molecule has 1 amide bonds. The molecule has 138 valence electrons. The first-order valence-electron chi connectivity index (χ1n) is 8.70. The molecular weight excluding hydrogens is 340 g/mol. The van der Waals surface area contributed by atoms with Gasteiger partial charge in [0.1, 0.15) is 0 Å². The lowest BCUT2D eigenvalue weighted by Gasteiger charge is -2.32. The van der Waals surface area contributed by atoms with Crippen molar-refractivity contribution in [3.63, 3.8) is 0 Å². The van der Waals surface area contributed by atoms with Crippen LogP contribution in [0.4, 0.5) is 0 Å². The number of carbonyl (C=O) groups is 2. The molecule has 25 heavy (non-hydrogen) atoms. The summed E-state index contributed by atoms with van der Waals surface area (Å²) in [6.07, 6.45) is 2.56. The van der Waals surface area contributed by atoms with E-state index in [4.69, 9.17) is 16.7 Å². The van der Waals surface area contributed by atoms with Crippen molar-refractivity contribution in [2.45, 2.75) is 44.6 Å². The maximum Gasteiger partial charge on any atom is 0.317 e. The second kappa shape index (κ2) is 8.19. The molecule has 0 aromatic heterocycles. The lowest BCUT2D eigenvalue weighted by atomic mass is 9.83. The molecule has 1 atom stereocenters. The quantitative estimate of drug-likeness (QED) is 0.870. The fourth-order valence-corrected chi connectivity index (χ4v) is 3.92. The van der Waals surface area contributed by atoms with E-state index < -0.39 is 11.4 Å². The molecular formula is C19H27ClN2O3. The Balaban J connectivity index is 2.08. The number of likely N-dealkylation sites (tertiary alicyclic amines) is 1. The molecule has 2 rings (SSSR count). The van der Waals surface area contributed by atoms with Crippen LogP contribution >= 0.6 is 11.6 Å². The van der Waals surface area contributed by atoms with Crippen LogP contribution in [0.1, 0.15) is 38.7 Å². The molecule has 1 aliphatic rings. The van der Waals surface area contributed by atoms with E-state index in [1.54, 1.807) is 0 Å². The maximum absolute atomic E-state index is 13.1. The molecule has 1 fully saturated rings. The Morgan fingerprint density at radius 1 is 1.28 bits per heavy atom. The van der Waals surface area contributed by atoms with Crippen LogP contribution < -0.4 is 0 Å². The number of rotatable bonds is 5. The molecule has 0 bridgehead atoms. The van der Waals surface area contributed by atoms with Gasteiger partial charge in [-0.3, -0.25) is 14.5 Å². The number of aliphatic carboxylic acids is 1. The van der Waals surface area contributed by atoms with Crippen molar-refractivity contribution in [2.24, 2.45) is 0 Å². The summed E-state index contributed by atoms with van der Waals surface area (Å²) < 4.78 is 0. The zero-order valence-electron chi connectivity index (χ0n) is 15.2. The molecule has 0 spiro atoms. The lowest BCUT2D eigenvalue weighted by Crippen LogP contribution is -2.44. The van der Waals surface area contributed by atoms with Gasteiger partial charge in [-0.1, -0.05) is 29.8 Å². The van der Waals surface area contributed by atoms with Gasteiger partial charge in [-0.05, 0) is 51.8 Å². The van der Waals surface area contributed by atoms with Crippen LogP contribution in [0, 0.1) is 0 Å². The predicted octanol–water partition coefficient (Wildman–Crippen LogP) is 3.02. The van der Waals surface area contributed by atoms with E-state index >= 15 is 0 Å². The maximum atomic E-state index is 13.1. The average molecular weight is 367 g/mol. The third-order valence-corrected chi connectivity index (χ3v) is 5.40. The van der Waals surface area contributed by atoms with Gasteiger partial charge < -0.3 is 10.0 Å². The summed E-state index contributed by atoms with van der Waals surface area (Å²) in [7, 11) is 1.84. The SMILES string of the molecule is CN(CC(=O)O)C1CCCN(C(=O)C(C)(C)c2ccccc2Cl)CC1. The lowest BCUT2D eigenvalue weighted by molar-refractivity contribution is -0.139. The molecule has 1 saturated heterocycles. The molecule has 0 aliphatic carbocycles. The molecule has 1 aromatic rings. The number of amides is 1. The van der Waals surface area contributed by atoms with E-state index in [1.165, 1.54) is 0 Å². The fourth-order valence-electron chi connectivity index (χ4n) is 3.54. The first kappa shape index (κ1) is 19.7. The Labute approximate surface area is 154 Å². The van der Waals surface area contributed by atoms with Crippen molar-refractivity contribution >= 4 is 23.5 Å². The van der Waals surface area contributed by atoms with E-state index in [1.807, 2.05) is 55.0 Å². The number of benzene rings is 1. The Kier molecular flexibility index (Phi) is 6.47. The van der Waals surface area contributed by atoms with Crippen LogP contribution in [-0.4, -0.2) is 59.5 Å². The van der Waals surface area contributed by atoms with Crippen molar-refractivity contribution in [2.75, 3.05) is 26.7 Å². The molecule has 5 nitrogen and oxygen atoms in total. The minimum Gasteiger partial charge on any atom is -0.480 e. The van der Waals surface area contributed by atoms with Crippen LogP contribution in [0.2, 0.25) is 5.02 Å². The molecule has 1 unspecified atom stereocenters. The van der Waals surface area contributed by atoms with Gasteiger partial charge in [0.05, 0.1) is 12.0 Å². The summed E-state index contributed by atoms with van der Waals surface area (Å²) in [6, 6.07) is 7.67. The van der Waals surface area contributed by atoms with Gasteiger partial charge in [-0.25, -0.2) is 0 Å². The number of halogens is 1. The van der Waals surface area contributed by atoms with Crippen molar-refractivity contribution in [1.82, 2.24) is 9.80 Å². The summed E-state index contributed by atoms with van der Waals surface area (Å²) in [5.41, 5.74) is 0.149. The number of hydrogen-bond acceptors (Lipinski definition) is 3. The van der Waals surface area contributed by atoms with Crippen molar-refractivity contribution in [1.29, 1.82) is 0 Å². The topological polar surface area (TPSA) is 60.9 Å². The molecule has 6 heteroatoms. The summed E-state index contributed by atoms with van der Waals surface area (Å²) >= 11 is 6.30. The van der Waals surface area contributed by atoms with Gasteiger partial charge >= 0.3 is 5.97 Å². The van der Waals surface area contributed by atoms with Gasteiger partial charge in [0.15, 0.2) is 0 Å². The highest BCUT2D eigenvalue weighted by atomic mass is 35.5. The highest BCUT2D eigenvalue weighted by Gasteiger charge is 2.36. The summed E-state index contributed by atoms with van der Waals surface area (Å²) in [5.74, 6) is -0.748. The normalized spacial score (nSPS) is 18.9. The first-order chi connectivity index (χ1) is 11.7. The van der Waals surface area contributed by atoms with Gasteiger partial charge in [-0.2, -0.15) is 0 Å². The largest absolute Gasteiger partial charge is 0.480 e. The zero-order chi connectivity index (χ0) is 18.6. The van der Waals surface area contributed by atoms with Crippen LogP contribution in [0.25, 0.3) is 0 Å². The third kappa shape index (κ3) is 4.73. The Morgan fingerprint density at radius 3 is 2.60 bits per heavy atom. The van der Waals surface area contributed by atoms with Gasteiger partial charge in [0.2, 0.25) is 5.91 Å². The Morgan fingerprint density at radius 2 is 1.96 bits per heavy atom. The minimum absolute atomic E-state index is 0.0315. The van der Waals surface area contributed by atoms with Gasteiger partial charge in [-0.15, -0.1) is 0 Å². The van der Waals surface area contributed by atoms with Gasteiger partial charge in [0, 0.05) is 24.2 Å². The number of nitrogens with zero attached hydrogens (tertiary/aromatic N) is 2. The second-order valence-corrected chi connectivity index (χ2v) is 7.70. The average Bonchev–Trinajstić information content (AvgIpc) is 2.79. The molecule has 0 saturated carbocycles. The number of hydrogen-bond donors (Lipinski definition) is 1. The Bertz CT molecular complexity index is 633. The molecule has 1 aliphatic heterocycles. The van der Waals surface area contributed by atoms with E-state index in [0.29, 0.717) is 18.1 Å². The predicted molar refractivity (Wildman–Crippen MR) is 99.0 cm³/mol. The smallest absolute Gasteiger partial charge is 0.317 e. The fraction of sp³-hybridized carbons (Fsp3) is 0.579. The number of carboxylic acid groups (broad SMARTS) is 1. The minimum atomic E-state index is -0.820. The van der Waals surface area contributed by atoms with Crippen molar-refractivity contribution in [3.05, 3.63) is 34.9 Å². The molecule has 1 heterocycles. The van der Waals surface area contributed by atoms with E-state index in [0.717, 1.165) is 24.8 Å². The summed E-state index contributed by atoms with van der Waals surface area (Å²) in [6.45, 7) is 5.19.